The zero-order valence-corrected chi connectivity index (χ0v) is 17.6. The second-order valence-electron chi connectivity index (χ2n) is 7.86. The number of nitrogens with two attached hydrogens (primary N) is 1. The fraction of sp³-hybridized carbons (Fsp3) is 0.478. The highest BCUT2D eigenvalue weighted by Gasteiger charge is 2.21. The van der Waals surface area contributed by atoms with Gasteiger partial charge in [0.2, 0.25) is 0 Å². The minimum Gasteiger partial charge on any atom is -0.330 e. The van der Waals surface area contributed by atoms with Crippen molar-refractivity contribution < 1.29 is 0 Å². The molecule has 2 aromatic heterocycles. The highest BCUT2D eigenvalue weighted by atomic mass is 15.3. The third-order valence-electron chi connectivity index (χ3n) is 5.42. The average molecular weight is 365 g/mol. The molecular formula is C23H32N4. The van der Waals surface area contributed by atoms with Gasteiger partial charge in [-0.25, -0.2) is 4.68 Å². The van der Waals surface area contributed by atoms with Gasteiger partial charge in [-0.05, 0) is 58.2 Å². The van der Waals surface area contributed by atoms with Gasteiger partial charge < -0.3 is 5.73 Å². The third kappa shape index (κ3) is 3.63. The monoisotopic (exact) mass is 364 g/mol. The lowest BCUT2D eigenvalue weighted by molar-refractivity contribution is 0.582. The van der Waals surface area contributed by atoms with E-state index < -0.39 is 0 Å². The molecule has 0 aliphatic heterocycles. The number of rotatable bonds is 6. The van der Waals surface area contributed by atoms with E-state index in [9.17, 15) is 0 Å². The summed E-state index contributed by atoms with van der Waals surface area (Å²) in [6.07, 6.45) is 3.42. The average Bonchev–Trinajstić information content (AvgIpc) is 2.91. The summed E-state index contributed by atoms with van der Waals surface area (Å²) >= 11 is 0. The van der Waals surface area contributed by atoms with Crippen molar-refractivity contribution in [1.82, 2.24) is 14.8 Å². The molecule has 1 atom stereocenters. The van der Waals surface area contributed by atoms with Crippen LogP contribution in [0.5, 0.6) is 0 Å². The summed E-state index contributed by atoms with van der Waals surface area (Å²) in [5.74, 6) is 0.281. The van der Waals surface area contributed by atoms with E-state index in [1.54, 1.807) is 0 Å². The number of pyridine rings is 1. The molecule has 1 unspecified atom stereocenters. The van der Waals surface area contributed by atoms with Gasteiger partial charge >= 0.3 is 0 Å². The van der Waals surface area contributed by atoms with Gasteiger partial charge in [0.15, 0.2) is 0 Å². The lowest BCUT2D eigenvalue weighted by Gasteiger charge is -2.17. The van der Waals surface area contributed by atoms with Gasteiger partial charge in [-0.1, -0.05) is 37.5 Å². The molecule has 2 heterocycles. The molecule has 0 aliphatic rings. The zero-order chi connectivity index (χ0) is 19.7. The summed E-state index contributed by atoms with van der Waals surface area (Å²) in [5.41, 5.74) is 15.4. The fourth-order valence-corrected chi connectivity index (χ4v) is 4.26. The molecule has 27 heavy (non-hydrogen) atoms. The molecule has 1 aromatic carbocycles. The first kappa shape index (κ1) is 19.6. The number of fused-ring (bicyclic) bond motifs is 1. The van der Waals surface area contributed by atoms with Crippen LogP contribution in [0.25, 0.3) is 16.6 Å². The highest BCUT2D eigenvalue weighted by molar-refractivity contribution is 5.87. The van der Waals surface area contributed by atoms with Crippen LogP contribution in [0.3, 0.4) is 0 Å². The summed E-state index contributed by atoms with van der Waals surface area (Å²) in [7, 11) is 0. The number of aryl methyl sites for hydroxylation is 5. The Morgan fingerprint density at radius 3 is 2.30 bits per heavy atom. The maximum absolute atomic E-state index is 6.15. The predicted molar refractivity (Wildman–Crippen MR) is 114 cm³/mol. The van der Waals surface area contributed by atoms with Crippen LogP contribution in [0, 0.1) is 34.6 Å². The number of benzene rings is 1. The number of nitrogens with zero attached hydrogens (tertiary/aromatic N) is 3. The lowest BCUT2D eigenvalue weighted by Crippen LogP contribution is -2.15. The minimum atomic E-state index is 0.281. The first-order chi connectivity index (χ1) is 12.9. The fourth-order valence-electron chi connectivity index (χ4n) is 4.26. The summed E-state index contributed by atoms with van der Waals surface area (Å²) in [6.45, 7) is 13.5. The van der Waals surface area contributed by atoms with Gasteiger partial charge in [0, 0.05) is 23.5 Å². The quantitative estimate of drug-likeness (QED) is 0.654. The van der Waals surface area contributed by atoms with E-state index in [2.05, 4.69) is 64.4 Å². The van der Waals surface area contributed by atoms with E-state index in [-0.39, 0.29) is 5.92 Å². The van der Waals surface area contributed by atoms with Crippen LogP contribution in [0.15, 0.2) is 18.2 Å². The molecule has 0 fully saturated rings. The Kier molecular flexibility index (Phi) is 5.66. The maximum atomic E-state index is 6.15. The first-order valence-electron chi connectivity index (χ1n) is 10.0. The molecule has 0 amide bonds. The SMILES string of the molecule is CCCCC(CN)c1nc(C)cc2c1c(C)nn2-c1c(C)cc(C)cc1C. The summed E-state index contributed by atoms with van der Waals surface area (Å²) in [6, 6.07) is 6.61. The molecule has 0 spiro atoms. The van der Waals surface area contributed by atoms with Crippen LogP contribution >= 0.6 is 0 Å². The van der Waals surface area contributed by atoms with Crippen molar-refractivity contribution >= 4 is 10.9 Å². The Labute approximate surface area is 162 Å². The van der Waals surface area contributed by atoms with Crippen LogP contribution in [0.2, 0.25) is 0 Å². The van der Waals surface area contributed by atoms with Gasteiger partial charge in [0.05, 0.1) is 22.6 Å². The minimum absolute atomic E-state index is 0.281. The molecule has 3 aromatic rings. The van der Waals surface area contributed by atoms with Gasteiger partial charge in [-0.15, -0.1) is 0 Å². The van der Waals surface area contributed by atoms with E-state index >= 15 is 0 Å². The maximum Gasteiger partial charge on any atom is 0.0780 e. The van der Waals surface area contributed by atoms with E-state index in [1.807, 2.05) is 0 Å². The van der Waals surface area contributed by atoms with Crippen molar-refractivity contribution in [2.75, 3.05) is 6.54 Å². The van der Waals surface area contributed by atoms with Gasteiger partial charge in [-0.2, -0.15) is 5.10 Å². The Bertz CT molecular complexity index is 945. The molecule has 0 saturated carbocycles. The van der Waals surface area contributed by atoms with E-state index in [4.69, 9.17) is 15.8 Å². The highest BCUT2D eigenvalue weighted by Crippen LogP contribution is 2.33. The topological polar surface area (TPSA) is 56.7 Å². The second kappa shape index (κ2) is 7.81. The Balaban J connectivity index is 2.27. The lowest BCUT2D eigenvalue weighted by atomic mass is 9.94. The molecule has 0 saturated heterocycles. The second-order valence-corrected chi connectivity index (χ2v) is 7.86. The van der Waals surface area contributed by atoms with Gasteiger partial charge in [0.25, 0.3) is 0 Å². The molecule has 0 aliphatic carbocycles. The van der Waals surface area contributed by atoms with Crippen LogP contribution in [-0.4, -0.2) is 21.3 Å². The van der Waals surface area contributed by atoms with Crippen molar-refractivity contribution in [3.63, 3.8) is 0 Å². The largest absolute Gasteiger partial charge is 0.330 e. The van der Waals surface area contributed by atoms with Crippen molar-refractivity contribution in [2.45, 2.75) is 66.7 Å². The molecule has 144 valence electrons. The van der Waals surface area contributed by atoms with Crippen molar-refractivity contribution in [2.24, 2.45) is 5.73 Å². The van der Waals surface area contributed by atoms with Crippen molar-refractivity contribution in [3.8, 4) is 5.69 Å². The van der Waals surface area contributed by atoms with E-state index in [1.165, 1.54) is 40.6 Å². The van der Waals surface area contributed by atoms with E-state index in [0.717, 1.165) is 29.0 Å². The Hall–Kier alpha value is -2.20. The van der Waals surface area contributed by atoms with Crippen LogP contribution in [-0.2, 0) is 0 Å². The van der Waals surface area contributed by atoms with Crippen LogP contribution < -0.4 is 5.73 Å². The normalized spacial score (nSPS) is 12.7. The Morgan fingerprint density at radius 1 is 1.04 bits per heavy atom. The molecule has 0 bridgehead atoms. The number of aromatic nitrogens is 3. The summed E-state index contributed by atoms with van der Waals surface area (Å²) in [4.78, 5) is 4.92. The summed E-state index contributed by atoms with van der Waals surface area (Å²) in [5, 5.41) is 6.12. The van der Waals surface area contributed by atoms with Crippen molar-refractivity contribution in [3.05, 3.63) is 52.0 Å². The van der Waals surface area contributed by atoms with Gasteiger partial charge in [-0.3, -0.25) is 4.98 Å². The number of hydrogen-bond acceptors (Lipinski definition) is 3. The van der Waals surface area contributed by atoms with Crippen LogP contribution in [0.4, 0.5) is 0 Å². The third-order valence-corrected chi connectivity index (χ3v) is 5.42. The molecule has 4 heteroatoms. The Morgan fingerprint density at radius 2 is 1.70 bits per heavy atom. The molecule has 4 nitrogen and oxygen atoms in total. The van der Waals surface area contributed by atoms with Crippen molar-refractivity contribution in [1.29, 1.82) is 0 Å². The molecule has 3 rings (SSSR count). The number of unbranched alkanes of at least 4 members (excludes halogenated alkanes) is 1. The summed E-state index contributed by atoms with van der Waals surface area (Å²) < 4.78 is 2.11. The van der Waals surface area contributed by atoms with Gasteiger partial charge in [0.1, 0.15) is 0 Å². The predicted octanol–water partition coefficient (Wildman–Crippen LogP) is 5.20. The standard InChI is InChI=1S/C23H32N4/c1-7-8-9-19(13-24)22-21-18(6)26-27(20(21)12-17(5)25-22)23-15(3)10-14(2)11-16(23)4/h10-12,19H,7-9,13,24H2,1-6H3. The van der Waals surface area contributed by atoms with E-state index in [0.29, 0.717) is 6.54 Å². The number of hydrogen-bond donors (Lipinski definition) is 1. The smallest absolute Gasteiger partial charge is 0.0780 e. The zero-order valence-electron chi connectivity index (χ0n) is 17.6. The molecule has 2 N–H and O–H groups in total. The van der Waals surface area contributed by atoms with Crippen LogP contribution in [0.1, 0.15) is 65.9 Å². The molecular weight excluding hydrogens is 332 g/mol. The first-order valence-corrected chi connectivity index (χ1v) is 10.0. The molecule has 0 radical (unpaired) electrons.